The Morgan fingerprint density at radius 3 is 2.25 bits per heavy atom. The molecule has 9 nitrogen and oxygen atoms in total. The molecule has 0 aromatic carbocycles. The molecule has 0 aliphatic carbocycles. The van der Waals surface area contributed by atoms with Crippen LogP contribution in [0.4, 0.5) is 0 Å². The van der Waals surface area contributed by atoms with Gasteiger partial charge in [0.2, 0.25) is 5.76 Å². The van der Waals surface area contributed by atoms with Crippen molar-refractivity contribution in [3.63, 3.8) is 0 Å². The standard InChI is InChI=1S/C35H58O9/c1-19(2)32-24(7)27(36)18-35(40,44-32)26(9)31(38)25(8)33-28(41-10)14-12-13-20(3)15-22(5)30(37)23(6)16-21(4)17-29(42-11)34(39)43-33/h12-14,16-17,19,22-28,30-33,36-38,40H,15,18H2,1-11H3/b14-12+,20-13+,21-16+,29-17-/t22-,23-,24+,25-,26+,27-,28-,30-,31+,32-,33+,35-/m1/s1. The van der Waals surface area contributed by atoms with E-state index in [1.807, 2.05) is 66.7 Å². The number of hydrogen-bond acceptors (Lipinski definition) is 9. The summed E-state index contributed by atoms with van der Waals surface area (Å²) in [5, 5.41) is 45.0. The molecule has 2 rings (SSSR count). The van der Waals surface area contributed by atoms with Gasteiger partial charge < -0.3 is 39.4 Å². The van der Waals surface area contributed by atoms with Crippen molar-refractivity contribution in [3.8, 4) is 0 Å². The molecule has 2 aliphatic heterocycles. The van der Waals surface area contributed by atoms with Gasteiger partial charge in [-0.2, -0.15) is 0 Å². The van der Waals surface area contributed by atoms with Gasteiger partial charge in [0.15, 0.2) is 5.79 Å². The number of methoxy groups -OCH3 is 2. The number of allylic oxidation sites excluding steroid dienone is 5. The van der Waals surface area contributed by atoms with E-state index < -0.39 is 60.2 Å². The number of rotatable bonds is 7. The Morgan fingerprint density at radius 2 is 1.68 bits per heavy atom. The molecule has 0 saturated carbocycles. The van der Waals surface area contributed by atoms with Gasteiger partial charge in [0, 0.05) is 37.2 Å². The maximum absolute atomic E-state index is 13.5. The average Bonchev–Trinajstić information content (AvgIpc) is 2.96. The van der Waals surface area contributed by atoms with E-state index in [0.29, 0.717) is 6.42 Å². The minimum Gasteiger partial charge on any atom is -0.490 e. The molecule has 12 atom stereocenters. The highest BCUT2D eigenvalue weighted by molar-refractivity contribution is 5.87. The van der Waals surface area contributed by atoms with Gasteiger partial charge in [-0.25, -0.2) is 4.79 Å². The second kappa shape index (κ2) is 16.5. The molecule has 252 valence electrons. The van der Waals surface area contributed by atoms with Gasteiger partial charge in [-0.05, 0) is 38.2 Å². The van der Waals surface area contributed by atoms with Gasteiger partial charge in [-0.3, -0.25) is 0 Å². The van der Waals surface area contributed by atoms with Crippen LogP contribution in [0.2, 0.25) is 0 Å². The Bertz CT molecular complexity index is 1060. The topological polar surface area (TPSA) is 135 Å². The van der Waals surface area contributed by atoms with Crippen molar-refractivity contribution in [2.24, 2.45) is 35.5 Å². The van der Waals surface area contributed by atoms with E-state index in [9.17, 15) is 25.2 Å². The predicted octanol–water partition coefficient (Wildman–Crippen LogP) is 4.69. The molecule has 0 aromatic heterocycles. The fourth-order valence-electron chi connectivity index (χ4n) is 6.54. The van der Waals surface area contributed by atoms with Crippen LogP contribution in [0.3, 0.4) is 0 Å². The smallest absolute Gasteiger partial charge is 0.373 e. The summed E-state index contributed by atoms with van der Waals surface area (Å²) in [6.45, 7) is 17.0. The normalized spacial score (nSPS) is 41.2. The van der Waals surface area contributed by atoms with E-state index in [4.69, 9.17) is 18.9 Å². The number of esters is 1. The highest BCUT2D eigenvalue weighted by atomic mass is 16.6. The molecule has 1 saturated heterocycles. The maximum Gasteiger partial charge on any atom is 0.373 e. The first-order chi connectivity index (χ1) is 20.5. The lowest BCUT2D eigenvalue weighted by atomic mass is 9.76. The zero-order valence-electron chi connectivity index (χ0n) is 28.6. The van der Waals surface area contributed by atoms with Crippen LogP contribution in [-0.2, 0) is 23.7 Å². The third-order valence-electron chi connectivity index (χ3n) is 9.50. The Labute approximate surface area is 264 Å². The Hall–Kier alpha value is -2.01. The summed E-state index contributed by atoms with van der Waals surface area (Å²) < 4.78 is 23.4. The number of ether oxygens (including phenoxy) is 4. The SMILES string of the molecule is CO/C1=C\C(C)=C\[C@@H](C)[C@H](O)[C@H](C)C/C(C)=C/C=C/[C@@H](OC)[C@H]([C@H](C)[C@H](O)[C@H](C)[C@@]2(O)C[C@@H](O)[C@H](C)[C@@H](C(C)C)O2)OC1=O. The molecule has 0 amide bonds. The minimum absolute atomic E-state index is 0.00492. The van der Waals surface area contributed by atoms with Gasteiger partial charge in [0.05, 0.1) is 31.5 Å². The zero-order valence-corrected chi connectivity index (χ0v) is 28.6. The predicted molar refractivity (Wildman–Crippen MR) is 170 cm³/mol. The van der Waals surface area contributed by atoms with E-state index in [1.54, 1.807) is 26.0 Å². The molecule has 2 aliphatic rings. The summed E-state index contributed by atoms with van der Waals surface area (Å²) in [5.41, 5.74) is 1.78. The summed E-state index contributed by atoms with van der Waals surface area (Å²) in [6.07, 6.45) is 4.85. The third kappa shape index (κ3) is 9.50. The molecule has 0 radical (unpaired) electrons. The lowest BCUT2D eigenvalue weighted by molar-refractivity contribution is -0.328. The van der Waals surface area contributed by atoms with Gasteiger partial charge in [-0.15, -0.1) is 0 Å². The van der Waals surface area contributed by atoms with Crippen LogP contribution in [0.5, 0.6) is 0 Å². The van der Waals surface area contributed by atoms with Gasteiger partial charge in [0.1, 0.15) is 12.2 Å². The summed E-state index contributed by atoms with van der Waals surface area (Å²) in [6, 6.07) is 0. The molecular weight excluding hydrogens is 564 g/mol. The second-order valence-corrected chi connectivity index (χ2v) is 13.6. The number of hydrogen-bond donors (Lipinski definition) is 4. The molecular formula is C35H58O9. The number of aliphatic hydroxyl groups excluding tert-OH is 3. The van der Waals surface area contributed by atoms with E-state index in [1.165, 1.54) is 14.2 Å². The van der Waals surface area contributed by atoms with Gasteiger partial charge >= 0.3 is 5.97 Å². The molecule has 0 spiro atoms. The number of carbonyl (C=O) groups is 1. The van der Waals surface area contributed by atoms with Crippen LogP contribution < -0.4 is 0 Å². The van der Waals surface area contributed by atoms with Crippen molar-refractivity contribution in [1.82, 2.24) is 0 Å². The summed E-state index contributed by atoms with van der Waals surface area (Å²) in [7, 11) is 2.87. The van der Waals surface area contributed by atoms with Gasteiger partial charge in [-0.1, -0.05) is 83.9 Å². The highest BCUT2D eigenvalue weighted by Crippen LogP contribution is 2.41. The van der Waals surface area contributed by atoms with Crippen molar-refractivity contribution in [2.75, 3.05) is 14.2 Å². The number of aliphatic hydroxyl groups is 4. The molecule has 0 bridgehead atoms. The van der Waals surface area contributed by atoms with Crippen LogP contribution in [0, 0.1) is 35.5 Å². The maximum atomic E-state index is 13.5. The number of carbonyl (C=O) groups excluding carboxylic acids is 1. The Kier molecular flexibility index (Phi) is 14.3. The summed E-state index contributed by atoms with van der Waals surface area (Å²) in [4.78, 5) is 13.5. The number of cyclic esters (lactones) is 1. The first-order valence-corrected chi connectivity index (χ1v) is 15.9. The first-order valence-electron chi connectivity index (χ1n) is 15.9. The third-order valence-corrected chi connectivity index (χ3v) is 9.50. The molecule has 44 heavy (non-hydrogen) atoms. The van der Waals surface area contributed by atoms with Crippen LogP contribution in [0.1, 0.15) is 75.2 Å². The van der Waals surface area contributed by atoms with Crippen molar-refractivity contribution in [1.29, 1.82) is 0 Å². The fraction of sp³-hybridized carbons (Fsp3) is 0.743. The molecule has 0 unspecified atom stereocenters. The molecule has 4 N–H and O–H groups in total. The second-order valence-electron chi connectivity index (χ2n) is 13.6. The Morgan fingerprint density at radius 1 is 1.05 bits per heavy atom. The fourth-order valence-corrected chi connectivity index (χ4v) is 6.54. The largest absolute Gasteiger partial charge is 0.490 e. The van der Waals surface area contributed by atoms with Crippen molar-refractivity contribution >= 4 is 5.97 Å². The molecule has 2 heterocycles. The molecule has 1 fully saturated rings. The highest BCUT2D eigenvalue weighted by Gasteiger charge is 2.51. The molecule has 9 heteroatoms. The van der Waals surface area contributed by atoms with E-state index >= 15 is 0 Å². The first kappa shape index (κ1) is 38.2. The Balaban J connectivity index is 2.52. The van der Waals surface area contributed by atoms with Crippen LogP contribution in [-0.4, -0.2) is 83.0 Å². The minimum atomic E-state index is -1.80. The van der Waals surface area contributed by atoms with Crippen LogP contribution in [0.15, 0.2) is 47.3 Å². The lowest BCUT2D eigenvalue weighted by Gasteiger charge is -2.49. The quantitative estimate of drug-likeness (QED) is 0.298. The van der Waals surface area contributed by atoms with E-state index in [2.05, 4.69) is 0 Å². The van der Waals surface area contributed by atoms with Crippen LogP contribution in [0.25, 0.3) is 0 Å². The van der Waals surface area contributed by atoms with Crippen molar-refractivity contribution < 1.29 is 44.2 Å². The zero-order chi connectivity index (χ0) is 33.5. The van der Waals surface area contributed by atoms with Crippen LogP contribution >= 0.6 is 0 Å². The monoisotopic (exact) mass is 622 g/mol. The van der Waals surface area contributed by atoms with E-state index in [-0.39, 0.29) is 35.9 Å². The summed E-state index contributed by atoms with van der Waals surface area (Å²) >= 11 is 0. The van der Waals surface area contributed by atoms with Crippen molar-refractivity contribution in [3.05, 3.63) is 47.3 Å². The van der Waals surface area contributed by atoms with Crippen molar-refractivity contribution in [2.45, 2.75) is 118 Å². The van der Waals surface area contributed by atoms with Gasteiger partial charge in [0.25, 0.3) is 0 Å². The molecule has 0 aromatic rings. The summed E-state index contributed by atoms with van der Waals surface area (Å²) in [5.74, 6) is -4.49. The van der Waals surface area contributed by atoms with E-state index in [0.717, 1.165) is 11.1 Å². The lowest BCUT2D eigenvalue weighted by Crippen LogP contribution is -2.59. The average molecular weight is 623 g/mol.